The molecule has 0 aromatic carbocycles. The van der Waals surface area contributed by atoms with E-state index in [1.807, 2.05) is 11.5 Å². The van der Waals surface area contributed by atoms with Crippen LogP contribution in [0.4, 0.5) is 13.2 Å². The number of methoxy groups -OCH3 is 1. The van der Waals surface area contributed by atoms with E-state index in [9.17, 15) is 26.4 Å². The summed E-state index contributed by atoms with van der Waals surface area (Å²) in [6.45, 7) is 5.36. The van der Waals surface area contributed by atoms with Crippen molar-refractivity contribution >= 4 is 21.4 Å². The number of nitrogens with zero attached hydrogens (tertiary/aromatic N) is 2. The van der Waals surface area contributed by atoms with Crippen LogP contribution in [0.2, 0.25) is 0 Å². The Balaban J connectivity index is 1.75. The minimum atomic E-state index is -4.25. The number of sulfone groups is 1. The summed E-state index contributed by atoms with van der Waals surface area (Å²) in [6, 6.07) is 0. The average molecular weight is 546 g/mol. The first kappa shape index (κ1) is 29.4. The fourth-order valence-electron chi connectivity index (χ4n) is 5.24. The van der Waals surface area contributed by atoms with E-state index in [-0.39, 0.29) is 23.5 Å². The van der Waals surface area contributed by atoms with Crippen molar-refractivity contribution in [3.05, 3.63) is 34.9 Å². The number of nitrogens with one attached hydrogen (secondary N) is 1. The number of carbonyl (C=O) groups is 1. The number of allylic oxidation sites excluding steroid dienone is 2. The van der Waals surface area contributed by atoms with Crippen molar-refractivity contribution in [1.82, 2.24) is 14.9 Å². The van der Waals surface area contributed by atoms with Gasteiger partial charge in [0.25, 0.3) is 5.91 Å². The largest absolute Gasteiger partial charge is 0.391 e. The maximum Gasteiger partial charge on any atom is 0.391 e. The number of hydrogen-bond acceptors (Lipinski definition) is 5. The molecule has 7 nitrogen and oxygen atoms in total. The molecule has 0 spiro atoms. The number of imidazole rings is 1. The van der Waals surface area contributed by atoms with Crippen molar-refractivity contribution < 1.29 is 31.1 Å². The molecule has 11 heteroatoms. The highest BCUT2D eigenvalue weighted by Crippen LogP contribution is 2.36. The molecule has 1 saturated carbocycles. The molecule has 0 aliphatic heterocycles. The normalized spacial score (nSPS) is 23.8. The number of hydrogen-bond donors (Lipinski definition) is 1. The molecule has 37 heavy (non-hydrogen) atoms. The lowest BCUT2D eigenvalue weighted by Gasteiger charge is -2.28. The minimum Gasteiger partial charge on any atom is -0.375 e. The third-order valence-corrected chi connectivity index (χ3v) is 9.28. The molecule has 0 saturated heterocycles. The maximum absolute atomic E-state index is 13.1. The molecular formula is C26H38F3N3O4S. The molecule has 3 rings (SSSR count). The van der Waals surface area contributed by atoms with Gasteiger partial charge in [-0.15, -0.1) is 0 Å². The summed E-state index contributed by atoms with van der Waals surface area (Å²) in [5, 5.41) is 2.67. The lowest BCUT2D eigenvalue weighted by atomic mass is 9.89. The number of ether oxygens (including phenoxy) is 1. The summed E-state index contributed by atoms with van der Waals surface area (Å²) in [6.07, 6.45) is 3.57. The summed E-state index contributed by atoms with van der Waals surface area (Å²) in [5.74, 6) is -0.845. The highest BCUT2D eigenvalue weighted by molar-refractivity contribution is 7.91. The second kappa shape index (κ2) is 11.7. The molecule has 1 fully saturated rings. The second-order valence-electron chi connectivity index (χ2n) is 10.3. The summed E-state index contributed by atoms with van der Waals surface area (Å²) in [7, 11) is -1.51. The number of alkyl halides is 3. The van der Waals surface area contributed by atoms with Crippen LogP contribution in [0, 0.1) is 18.8 Å². The summed E-state index contributed by atoms with van der Waals surface area (Å²) >= 11 is 0. The predicted octanol–water partition coefficient (Wildman–Crippen LogP) is 4.86. The van der Waals surface area contributed by atoms with E-state index in [1.165, 1.54) is 20.3 Å². The number of aromatic nitrogens is 2. The van der Waals surface area contributed by atoms with E-state index in [0.717, 1.165) is 18.5 Å². The van der Waals surface area contributed by atoms with E-state index in [1.54, 1.807) is 19.1 Å². The smallest absolute Gasteiger partial charge is 0.375 e. The molecule has 1 unspecified atom stereocenters. The van der Waals surface area contributed by atoms with Crippen LogP contribution in [0.1, 0.15) is 74.4 Å². The van der Waals surface area contributed by atoms with Crippen molar-refractivity contribution in [3.63, 3.8) is 0 Å². The minimum absolute atomic E-state index is 0.0869. The van der Waals surface area contributed by atoms with Gasteiger partial charge in [-0.1, -0.05) is 25.5 Å². The molecule has 1 amide bonds. The quantitative estimate of drug-likeness (QED) is 0.479. The van der Waals surface area contributed by atoms with Crippen LogP contribution in [0.3, 0.4) is 0 Å². The molecule has 0 bridgehead atoms. The van der Waals surface area contributed by atoms with E-state index in [2.05, 4.69) is 10.3 Å². The van der Waals surface area contributed by atoms with Crippen molar-refractivity contribution in [2.75, 3.05) is 19.9 Å². The van der Waals surface area contributed by atoms with Gasteiger partial charge in [0.05, 0.1) is 22.6 Å². The highest BCUT2D eigenvalue weighted by atomic mass is 32.2. The van der Waals surface area contributed by atoms with Gasteiger partial charge in [0.2, 0.25) is 0 Å². The molecule has 1 aromatic heterocycles. The van der Waals surface area contributed by atoms with Crippen LogP contribution in [-0.4, -0.2) is 61.3 Å². The monoisotopic (exact) mass is 545 g/mol. The number of rotatable bonds is 9. The van der Waals surface area contributed by atoms with Gasteiger partial charge in [0.15, 0.2) is 0 Å². The lowest BCUT2D eigenvalue weighted by molar-refractivity contribution is -0.169. The zero-order valence-electron chi connectivity index (χ0n) is 22.2. The van der Waals surface area contributed by atoms with Gasteiger partial charge in [0, 0.05) is 32.8 Å². The fourth-order valence-corrected chi connectivity index (χ4v) is 6.37. The first-order chi connectivity index (χ1) is 17.3. The van der Waals surface area contributed by atoms with Gasteiger partial charge in [-0.3, -0.25) is 4.79 Å². The molecule has 1 heterocycles. The summed E-state index contributed by atoms with van der Waals surface area (Å²) in [4.78, 5) is 17.6. The van der Waals surface area contributed by atoms with Gasteiger partial charge in [-0.2, -0.15) is 13.2 Å². The molecule has 0 radical (unpaired) electrons. The lowest BCUT2D eigenvalue weighted by Crippen LogP contribution is -2.34. The Bertz CT molecular complexity index is 1150. The van der Waals surface area contributed by atoms with E-state index >= 15 is 0 Å². The van der Waals surface area contributed by atoms with E-state index in [4.69, 9.17) is 4.74 Å². The Labute approximate surface area is 217 Å². The molecule has 1 N–H and O–H groups in total. The van der Waals surface area contributed by atoms with Gasteiger partial charge in [-0.05, 0) is 51.0 Å². The first-order valence-corrected chi connectivity index (χ1v) is 14.8. The number of carbonyl (C=O) groups excluding carboxylic acids is 1. The Morgan fingerprint density at radius 3 is 2.43 bits per heavy atom. The summed E-state index contributed by atoms with van der Waals surface area (Å²) < 4.78 is 70.3. The number of amides is 1. The molecule has 2 aliphatic carbocycles. The third kappa shape index (κ3) is 7.04. The van der Waals surface area contributed by atoms with Crippen molar-refractivity contribution in [2.24, 2.45) is 11.8 Å². The second-order valence-corrected chi connectivity index (χ2v) is 12.7. The number of halogens is 3. The maximum atomic E-state index is 13.1. The van der Waals surface area contributed by atoms with Gasteiger partial charge in [0.1, 0.15) is 27.5 Å². The third-order valence-electron chi connectivity index (χ3n) is 7.60. The van der Waals surface area contributed by atoms with Crippen LogP contribution in [0.25, 0.3) is 5.70 Å². The molecular weight excluding hydrogens is 507 g/mol. The Morgan fingerprint density at radius 1 is 1.24 bits per heavy atom. The SMILES string of the molecule is CCc1nc(C(=O)NCC2CCC(S(C)(=O)=O)CC2)c(C)n1C1=CC=C(CC(C)C(F)(F)F)C[C@H]1OC. The Hall–Kier alpha value is -2.14. The topological polar surface area (TPSA) is 90.3 Å². The van der Waals surface area contributed by atoms with Crippen LogP contribution in [0.15, 0.2) is 17.7 Å². The Kier molecular flexibility index (Phi) is 9.32. The zero-order chi connectivity index (χ0) is 27.5. The average Bonchev–Trinajstić information content (AvgIpc) is 3.17. The predicted molar refractivity (Wildman–Crippen MR) is 137 cm³/mol. The Morgan fingerprint density at radius 2 is 1.89 bits per heavy atom. The zero-order valence-corrected chi connectivity index (χ0v) is 23.0. The van der Waals surface area contributed by atoms with Crippen LogP contribution < -0.4 is 5.32 Å². The van der Waals surface area contributed by atoms with E-state index < -0.39 is 28.0 Å². The van der Waals surface area contributed by atoms with E-state index in [0.29, 0.717) is 55.0 Å². The van der Waals surface area contributed by atoms with Crippen molar-refractivity contribution in [3.8, 4) is 0 Å². The highest BCUT2D eigenvalue weighted by Gasteiger charge is 2.37. The van der Waals surface area contributed by atoms with Crippen LogP contribution in [-0.2, 0) is 21.0 Å². The summed E-state index contributed by atoms with van der Waals surface area (Å²) in [5.41, 5.74) is 2.35. The van der Waals surface area contributed by atoms with Gasteiger partial charge >= 0.3 is 6.18 Å². The molecule has 1 aromatic rings. The molecule has 208 valence electrons. The number of aryl methyl sites for hydroxylation is 1. The van der Waals surface area contributed by atoms with Crippen molar-refractivity contribution in [2.45, 2.75) is 83.2 Å². The van der Waals surface area contributed by atoms with Crippen LogP contribution in [0.5, 0.6) is 0 Å². The molecule has 2 aliphatic rings. The van der Waals surface area contributed by atoms with Gasteiger partial charge < -0.3 is 14.6 Å². The van der Waals surface area contributed by atoms with Gasteiger partial charge in [-0.25, -0.2) is 13.4 Å². The molecule has 2 atom stereocenters. The van der Waals surface area contributed by atoms with Crippen LogP contribution >= 0.6 is 0 Å². The first-order valence-electron chi connectivity index (χ1n) is 12.8. The van der Waals surface area contributed by atoms with Crippen molar-refractivity contribution in [1.29, 1.82) is 0 Å². The fraction of sp³-hybridized carbons (Fsp3) is 0.692. The standard InChI is InChI=1S/C26H38F3N3O4S/c1-6-23-31-24(25(33)30-15-18-7-10-20(11-8-18)37(5,34)35)17(3)32(23)21-12-9-19(14-22(21)36-4)13-16(2)26(27,28)29/h9,12,16,18,20,22H,6-8,10-11,13-15H2,1-5H3,(H,30,33)/t16?,18?,20?,22-/m1/s1.